The molecule has 0 aliphatic rings. The van der Waals surface area contributed by atoms with Gasteiger partial charge in [-0.05, 0) is 93.7 Å². The number of thiazole rings is 2. The second-order valence-corrected chi connectivity index (χ2v) is 17.7. The van der Waals surface area contributed by atoms with Gasteiger partial charge in [-0.25, -0.2) is 9.97 Å². The molecule has 6 aromatic heterocycles. The summed E-state index contributed by atoms with van der Waals surface area (Å²) in [4.78, 5) is 19.7. The Labute approximate surface area is 300 Å². The van der Waals surface area contributed by atoms with Crippen LogP contribution in [0.1, 0.15) is 0 Å². The maximum Gasteiger partial charge on any atom is 0.155 e. The van der Waals surface area contributed by atoms with Crippen molar-refractivity contribution in [3.63, 3.8) is 0 Å². The summed E-state index contributed by atoms with van der Waals surface area (Å²) in [6, 6.07) is 48.3. The average Bonchev–Trinajstić information content (AvgIpc) is 3.97. The average molecular weight is 723 g/mol. The molecule has 0 aliphatic heterocycles. The molecule has 0 fully saturated rings. The van der Waals surface area contributed by atoms with E-state index in [-0.39, 0.29) is 0 Å². The van der Waals surface area contributed by atoms with Crippen molar-refractivity contribution in [1.82, 2.24) is 9.97 Å². The topological polar surface area (TPSA) is 25.8 Å². The van der Waals surface area contributed by atoms with E-state index in [2.05, 4.69) is 133 Å². The predicted molar refractivity (Wildman–Crippen MR) is 214 cm³/mol. The normalized spacial score (nSPS) is 11.8. The maximum absolute atomic E-state index is 5.05. The van der Waals surface area contributed by atoms with E-state index < -0.39 is 0 Å². The molecule has 10 aromatic rings. The van der Waals surface area contributed by atoms with Gasteiger partial charge in [0, 0.05) is 28.9 Å². The largest absolute Gasteiger partial charge is 0.222 e. The molecule has 0 amide bonds. The molecule has 0 radical (unpaired) electrons. The first-order valence-corrected chi connectivity index (χ1v) is 20.3. The minimum atomic E-state index is 1.01. The lowest BCUT2D eigenvalue weighted by atomic mass is 10.0. The van der Waals surface area contributed by atoms with Crippen molar-refractivity contribution < 1.29 is 0 Å². The van der Waals surface area contributed by atoms with Crippen LogP contribution >= 0.6 is 68.0 Å². The van der Waals surface area contributed by atoms with E-state index in [4.69, 9.17) is 9.97 Å². The van der Waals surface area contributed by atoms with E-state index in [1.807, 2.05) is 45.3 Å². The fraction of sp³-hybridized carbons (Fsp3) is 0. The fourth-order valence-electron chi connectivity index (χ4n) is 5.97. The number of fused-ring (bicyclic) bond motifs is 3. The van der Waals surface area contributed by atoms with Crippen LogP contribution in [0, 0.1) is 0 Å². The molecule has 48 heavy (non-hydrogen) atoms. The molecular weight excluding hydrogens is 701 g/mol. The number of aromatic nitrogens is 2. The highest BCUT2D eigenvalue weighted by molar-refractivity contribution is 7.33. The minimum Gasteiger partial charge on any atom is -0.222 e. The SMILES string of the molecule is c1ccc(-c2ccc3sc(-c4ccc(-c5nc6sc(-c7ccc(-c8cc9cc(-c%10ccccc%10)ccc9s8)s7)nc6s5)s4)cc3c2)cc1. The van der Waals surface area contributed by atoms with Gasteiger partial charge in [0.2, 0.25) is 0 Å². The summed E-state index contributed by atoms with van der Waals surface area (Å²) in [7, 11) is 0. The van der Waals surface area contributed by atoms with Crippen LogP contribution in [0.2, 0.25) is 0 Å². The monoisotopic (exact) mass is 722 g/mol. The van der Waals surface area contributed by atoms with Crippen molar-refractivity contribution in [1.29, 1.82) is 0 Å². The Morgan fingerprint density at radius 1 is 0.312 bits per heavy atom. The Balaban J connectivity index is 0.893. The van der Waals surface area contributed by atoms with E-state index in [9.17, 15) is 0 Å². The molecule has 0 saturated carbocycles. The number of nitrogens with zero attached hydrogens (tertiary/aromatic N) is 2. The zero-order valence-corrected chi connectivity index (χ0v) is 29.9. The van der Waals surface area contributed by atoms with Crippen LogP contribution in [-0.4, -0.2) is 9.97 Å². The zero-order valence-electron chi connectivity index (χ0n) is 25.0. The smallest absolute Gasteiger partial charge is 0.155 e. The van der Waals surface area contributed by atoms with Crippen molar-refractivity contribution in [2.24, 2.45) is 0 Å². The highest BCUT2D eigenvalue weighted by Crippen LogP contribution is 2.46. The third-order valence-corrected chi connectivity index (χ3v) is 15.5. The minimum absolute atomic E-state index is 1.01. The van der Waals surface area contributed by atoms with E-state index in [0.29, 0.717) is 0 Å². The molecular formula is C40H22N2S6. The Kier molecular flexibility index (Phi) is 7.00. The van der Waals surface area contributed by atoms with Crippen molar-refractivity contribution in [3.05, 3.63) is 133 Å². The van der Waals surface area contributed by atoms with Gasteiger partial charge in [0.05, 0.1) is 9.75 Å². The van der Waals surface area contributed by atoms with E-state index in [1.165, 1.54) is 71.7 Å². The van der Waals surface area contributed by atoms with Gasteiger partial charge in [0.1, 0.15) is 10.0 Å². The Morgan fingerprint density at radius 3 is 1.21 bits per heavy atom. The predicted octanol–water partition coefficient (Wildman–Crippen LogP) is 14.3. The summed E-state index contributed by atoms with van der Waals surface area (Å²) in [6.45, 7) is 0. The van der Waals surface area contributed by atoms with Gasteiger partial charge >= 0.3 is 0 Å². The lowest BCUT2D eigenvalue weighted by Gasteiger charge is -2.00. The maximum atomic E-state index is 5.05. The van der Waals surface area contributed by atoms with Gasteiger partial charge in [0.25, 0.3) is 0 Å². The van der Waals surface area contributed by atoms with Gasteiger partial charge < -0.3 is 0 Å². The van der Waals surface area contributed by atoms with Gasteiger partial charge in [-0.1, -0.05) is 95.5 Å². The van der Waals surface area contributed by atoms with E-state index in [0.717, 1.165) is 19.7 Å². The summed E-state index contributed by atoms with van der Waals surface area (Å²) in [5.74, 6) is 0. The van der Waals surface area contributed by atoms with Crippen molar-refractivity contribution >= 4 is 97.9 Å². The van der Waals surface area contributed by atoms with Crippen LogP contribution in [0.15, 0.2) is 133 Å². The summed E-state index contributed by atoms with van der Waals surface area (Å²) in [5, 5.41) is 4.68. The molecule has 0 aliphatic carbocycles. The lowest BCUT2D eigenvalue weighted by Crippen LogP contribution is -1.75. The highest BCUT2D eigenvalue weighted by atomic mass is 32.1. The third-order valence-electron chi connectivity index (χ3n) is 8.34. The summed E-state index contributed by atoms with van der Waals surface area (Å²) in [6.07, 6.45) is 0. The van der Waals surface area contributed by atoms with Crippen molar-refractivity contribution in [2.45, 2.75) is 0 Å². The number of benzene rings is 4. The molecule has 0 unspecified atom stereocenters. The molecule has 0 N–H and O–H groups in total. The molecule has 0 atom stereocenters. The van der Waals surface area contributed by atoms with Crippen molar-refractivity contribution in [2.75, 3.05) is 0 Å². The van der Waals surface area contributed by atoms with Gasteiger partial charge in [-0.15, -0.1) is 45.3 Å². The van der Waals surface area contributed by atoms with Crippen LogP contribution in [0.4, 0.5) is 0 Å². The molecule has 4 aromatic carbocycles. The first-order valence-electron chi connectivity index (χ1n) is 15.4. The number of hydrogen-bond donors (Lipinski definition) is 0. The molecule has 0 bridgehead atoms. The first kappa shape index (κ1) is 28.7. The van der Waals surface area contributed by atoms with Gasteiger partial charge in [-0.3, -0.25) is 0 Å². The summed E-state index contributed by atoms with van der Waals surface area (Å²) in [5.41, 5.74) is 5.01. The zero-order chi connectivity index (χ0) is 31.6. The van der Waals surface area contributed by atoms with Crippen molar-refractivity contribution in [3.8, 4) is 61.5 Å². The second-order valence-electron chi connectivity index (χ2n) is 11.4. The molecule has 10 rings (SSSR count). The Bertz CT molecular complexity index is 2520. The van der Waals surface area contributed by atoms with E-state index in [1.54, 1.807) is 22.7 Å². The molecule has 0 saturated heterocycles. The van der Waals surface area contributed by atoms with Crippen LogP contribution in [0.25, 0.3) is 91.4 Å². The lowest BCUT2D eigenvalue weighted by molar-refractivity contribution is 1.51. The Morgan fingerprint density at radius 2 is 0.750 bits per heavy atom. The summed E-state index contributed by atoms with van der Waals surface area (Å²) < 4.78 is 2.62. The molecule has 6 heterocycles. The fourth-order valence-corrected chi connectivity index (χ4v) is 12.4. The number of thiophene rings is 4. The quantitative estimate of drug-likeness (QED) is 0.171. The van der Waals surface area contributed by atoms with Crippen LogP contribution in [-0.2, 0) is 0 Å². The second kappa shape index (κ2) is 11.7. The molecule has 0 spiro atoms. The summed E-state index contributed by atoms with van der Waals surface area (Å²) >= 11 is 10.7. The standard InChI is InChI=1S/C40H22N2S6/c1-3-7-23(8-4-1)25-11-13-29-27(19-25)21-35(43-29)31-15-17-33(45-31)37-41-39-40(47-37)42-38(48-39)34-18-16-32(46-34)36-22-28-20-26(12-14-30(28)44-36)24-9-5-2-6-10-24/h1-22H. The third kappa shape index (κ3) is 5.17. The van der Waals surface area contributed by atoms with Crippen LogP contribution in [0.3, 0.4) is 0 Å². The Hall–Kier alpha value is -4.28. The van der Waals surface area contributed by atoms with E-state index >= 15 is 0 Å². The molecule has 2 nitrogen and oxygen atoms in total. The van der Waals surface area contributed by atoms with Crippen LogP contribution < -0.4 is 0 Å². The first-order chi connectivity index (χ1) is 23.7. The van der Waals surface area contributed by atoms with Gasteiger partial charge in [-0.2, -0.15) is 0 Å². The number of rotatable bonds is 6. The highest BCUT2D eigenvalue weighted by Gasteiger charge is 2.18. The molecule has 8 heteroatoms. The van der Waals surface area contributed by atoms with Gasteiger partial charge in [0.15, 0.2) is 9.66 Å². The van der Waals surface area contributed by atoms with Crippen LogP contribution in [0.5, 0.6) is 0 Å². The molecule has 228 valence electrons. The number of hydrogen-bond acceptors (Lipinski definition) is 8.